The summed E-state index contributed by atoms with van der Waals surface area (Å²) in [5.41, 5.74) is 1.35. The van der Waals surface area contributed by atoms with E-state index in [1.54, 1.807) is 11.8 Å². The zero-order valence-corrected chi connectivity index (χ0v) is 16.1. The van der Waals surface area contributed by atoms with E-state index in [-0.39, 0.29) is 19.8 Å². The summed E-state index contributed by atoms with van der Waals surface area (Å²) in [7, 11) is 3.96. The van der Waals surface area contributed by atoms with E-state index in [2.05, 4.69) is 24.0 Å². The Bertz CT molecular complexity index is 670. The van der Waals surface area contributed by atoms with E-state index in [4.69, 9.17) is 5.11 Å². The van der Waals surface area contributed by atoms with Gasteiger partial charge in [-0.1, -0.05) is 56.8 Å². The molecule has 0 aliphatic heterocycles. The van der Waals surface area contributed by atoms with E-state index in [1.165, 1.54) is 5.56 Å². The summed E-state index contributed by atoms with van der Waals surface area (Å²) in [5.74, 6) is 0.820. The molecule has 0 spiro atoms. The van der Waals surface area contributed by atoms with Gasteiger partial charge < -0.3 is 5.11 Å². The molecule has 0 radical (unpaired) electrons. The zero-order valence-electron chi connectivity index (χ0n) is 15.2. The van der Waals surface area contributed by atoms with Crippen LogP contribution in [-0.4, -0.2) is 47.8 Å². The topological polar surface area (TPSA) is 40.5 Å². The second-order valence-corrected chi connectivity index (χ2v) is 7.54. The van der Waals surface area contributed by atoms with Gasteiger partial charge >= 0.3 is 0 Å². The summed E-state index contributed by atoms with van der Waals surface area (Å²) in [6.45, 7) is 2.23. The van der Waals surface area contributed by atoms with Crippen molar-refractivity contribution in [3.05, 3.63) is 65.7 Å². The molecule has 2 rings (SSSR count). The third-order valence-corrected chi connectivity index (χ3v) is 5.67. The van der Waals surface area contributed by atoms with Gasteiger partial charge in [0, 0.05) is 16.2 Å². The Morgan fingerprint density at radius 3 is 2.19 bits per heavy atom. The molecule has 4 heteroatoms. The molecule has 0 saturated carbocycles. The summed E-state index contributed by atoms with van der Waals surface area (Å²) in [4.78, 5) is 16.5. The van der Waals surface area contributed by atoms with Crippen LogP contribution in [0.25, 0.3) is 0 Å². The molecular weight excluding hydrogens is 342 g/mol. The predicted molar refractivity (Wildman–Crippen MR) is 112 cm³/mol. The number of thioether (sulfide) groups is 1. The molecule has 0 saturated heterocycles. The Morgan fingerprint density at radius 1 is 1.08 bits per heavy atom. The number of rotatable bonds is 9. The van der Waals surface area contributed by atoms with Gasteiger partial charge in [-0.05, 0) is 44.6 Å². The summed E-state index contributed by atoms with van der Waals surface area (Å²) in [6.07, 6.45) is 1.44. The number of carbonyl (C=O) groups is 1. The first-order valence-electron chi connectivity index (χ1n) is 8.63. The highest BCUT2D eigenvalue weighted by molar-refractivity contribution is 7.99. The van der Waals surface area contributed by atoms with Gasteiger partial charge in [-0.25, -0.2) is 0 Å². The first kappa shape index (κ1) is 22.4. The molecule has 0 aliphatic rings. The zero-order chi connectivity index (χ0) is 18.3. The molecular formula is C22H31NO2S. The molecule has 26 heavy (non-hydrogen) atoms. The fraction of sp³-hybridized carbons (Fsp3) is 0.409. The van der Waals surface area contributed by atoms with Crippen LogP contribution in [-0.2, 0) is 6.42 Å². The SMILES string of the molecule is C.CCC(Cc1ccccc1)(C(=O)c1ccc(SCCO)cc1)N(C)C. The number of likely N-dealkylation sites (N-methyl/N-ethyl adjacent to an activating group) is 1. The Kier molecular flexibility index (Phi) is 9.06. The highest BCUT2D eigenvalue weighted by atomic mass is 32.2. The number of hydrogen-bond donors (Lipinski definition) is 1. The van der Waals surface area contributed by atoms with Gasteiger partial charge in [-0.2, -0.15) is 0 Å². The second-order valence-electron chi connectivity index (χ2n) is 6.37. The third kappa shape index (κ3) is 5.19. The van der Waals surface area contributed by atoms with Crippen LogP contribution in [0.2, 0.25) is 0 Å². The summed E-state index contributed by atoms with van der Waals surface area (Å²) < 4.78 is 0. The lowest BCUT2D eigenvalue weighted by Crippen LogP contribution is -2.52. The Morgan fingerprint density at radius 2 is 1.69 bits per heavy atom. The number of carbonyl (C=O) groups excluding carboxylic acids is 1. The maximum atomic E-state index is 13.4. The smallest absolute Gasteiger partial charge is 0.183 e. The normalized spacial score (nSPS) is 13.1. The second kappa shape index (κ2) is 10.5. The maximum Gasteiger partial charge on any atom is 0.183 e. The molecule has 3 nitrogen and oxygen atoms in total. The standard InChI is InChI=1S/C21H27NO2S.CH4/c1-4-21(22(2)3,16-17-8-6-5-7-9-17)20(24)18-10-12-19(13-11-18)25-15-14-23;/h5-13,23H,4,14-16H2,1-3H3;1H4. The molecule has 2 aromatic carbocycles. The van der Waals surface area contributed by atoms with Crippen LogP contribution in [0.3, 0.4) is 0 Å². The minimum absolute atomic E-state index is 0. The fourth-order valence-electron chi connectivity index (χ4n) is 3.11. The molecule has 1 unspecified atom stereocenters. The van der Waals surface area contributed by atoms with Crippen LogP contribution >= 0.6 is 11.8 Å². The van der Waals surface area contributed by atoms with Gasteiger partial charge in [0.1, 0.15) is 0 Å². The predicted octanol–water partition coefficient (Wildman–Crippen LogP) is 4.54. The fourth-order valence-corrected chi connectivity index (χ4v) is 3.77. The molecule has 0 bridgehead atoms. The first-order chi connectivity index (χ1) is 12.0. The largest absolute Gasteiger partial charge is 0.396 e. The minimum atomic E-state index is -0.554. The van der Waals surface area contributed by atoms with Gasteiger partial charge in [-0.15, -0.1) is 11.8 Å². The minimum Gasteiger partial charge on any atom is -0.396 e. The summed E-state index contributed by atoms with van der Waals surface area (Å²) in [5, 5.41) is 8.93. The van der Waals surface area contributed by atoms with E-state index >= 15 is 0 Å². The Labute approximate surface area is 162 Å². The highest BCUT2D eigenvalue weighted by Gasteiger charge is 2.39. The average molecular weight is 374 g/mol. The molecule has 1 N–H and O–H groups in total. The quantitative estimate of drug-likeness (QED) is 0.517. The van der Waals surface area contributed by atoms with Crippen LogP contribution in [0.15, 0.2) is 59.5 Å². The van der Waals surface area contributed by atoms with Crippen molar-refractivity contribution in [1.29, 1.82) is 0 Å². The number of hydrogen-bond acceptors (Lipinski definition) is 4. The van der Waals surface area contributed by atoms with Crippen LogP contribution in [0.1, 0.15) is 36.7 Å². The Balaban J connectivity index is 0.00000338. The molecule has 0 amide bonds. The number of Topliss-reactive ketones (excluding diaryl/α,β-unsaturated/α-hetero) is 1. The van der Waals surface area contributed by atoms with Gasteiger partial charge in [-0.3, -0.25) is 9.69 Å². The van der Waals surface area contributed by atoms with E-state index < -0.39 is 5.54 Å². The summed E-state index contributed by atoms with van der Waals surface area (Å²) in [6, 6.07) is 17.9. The molecule has 2 aromatic rings. The number of aliphatic hydroxyl groups is 1. The lowest BCUT2D eigenvalue weighted by atomic mass is 9.80. The van der Waals surface area contributed by atoms with Crippen LogP contribution in [0.4, 0.5) is 0 Å². The lowest BCUT2D eigenvalue weighted by Gasteiger charge is -2.38. The Hall–Kier alpha value is -1.62. The third-order valence-electron chi connectivity index (χ3n) is 4.68. The van der Waals surface area contributed by atoms with Crippen molar-refractivity contribution in [2.75, 3.05) is 26.5 Å². The van der Waals surface area contributed by atoms with Crippen molar-refractivity contribution < 1.29 is 9.90 Å². The van der Waals surface area contributed by atoms with Crippen molar-refractivity contribution >= 4 is 17.5 Å². The van der Waals surface area contributed by atoms with Crippen LogP contribution in [0, 0.1) is 0 Å². The van der Waals surface area contributed by atoms with E-state index in [9.17, 15) is 4.79 Å². The molecule has 1 atom stereocenters. The van der Waals surface area contributed by atoms with Crippen molar-refractivity contribution in [3.8, 4) is 0 Å². The first-order valence-corrected chi connectivity index (χ1v) is 9.62. The molecule has 0 aromatic heterocycles. The molecule has 0 heterocycles. The monoisotopic (exact) mass is 373 g/mol. The van der Waals surface area contributed by atoms with Gasteiger partial charge in [0.05, 0.1) is 12.1 Å². The van der Waals surface area contributed by atoms with Crippen molar-refractivity contribution in [1.82, 2.24) is 4.90 Å². The average Bonchev–Trinajstić information content (AvgIpc) is 2.65. The highest BCUT2D eigenvalue weighted by Crippen LogP contribution is 2.28. The van der Waals surface area contributed by atoms with Crippen LogP contribution < -0.4 is 0 Å². The molecule has 142 valence electrons. The van der Waals surface area contributed by atoms with Crippen molar-refractivity contribution in [3.63, 3.8) is 0 Å². The lowest BCUT2D eigenvalue weighted by molar-refractivity contribution is 0.0666. The number of ketones is 1. The van der Waals surface area contributed by atoms with Gasteiger partial charge in [0.25, 0.3) is 0 Å². The number of aliphatic hydroxyl groups excluding tert-OH is 1. The summed E-state index contributed by atoms with van der Waals surface area (Å²) >= 11 is 1.59. The maximum absolute atomic E-state index is 13.4. The van der Waals surface area contributed by atoms with Crippen molar-refractivity contribution in [2.45, 2.75) is 37.6 Å². The van der Waals surface area contributed by atoms with E-state index in [0.29, 0.717) is 12.2 Å². The molecule has 0 fully saturated rings. The van der Waals surface area contributed by atoms with E-state index in [0.717, 1.165) is 16.9 Å². The van der Waals surface area contributed by atoms with Gasteiger partial charge in [0.15, 0.2) is 5.78 Å². The van der Waals surface area contributed by atoms with Crippen LogP contribution in [0.5, 0.6) is 0 Å². The number of nitrogens with zero attached hydrogens (tertiary/aromatic N) is 1. The molecule has 0 aliphatic carbocycles. The van der Waals surface area contributed by atoms with Gasteiger partial charge in [0.2, 0.25) is 0 Å². The number of benzene rings is 2. The van der Waals surface area contributed by atoms with E-state index in [1.807, 2.05) is 56.6 Å². The van der Waals surface area contributed by atoms with Crippen molar-refractivity contribution in [2.24, 2.45) is 0 Å².